The Morgan fingerprint density at radius 1 is 1.35 bits per heavy atom. The first-order valence-electron chi connectivity index (χ1n) is 5.62. The Balaban J connectivity index is 2.44. The number of nitrogens with one attached hydrogen (secondary N) is 2. The number of amides is 1. The fraction of sp³-hybridized carbons (Fsp3) is 0.417. The van der Waals surface area contributed by atoms with Crippen LogP contribution < -0.4 is 10.6 Å². The van der Waals surface area contributed by atoms with E-state index in [1.807, 2.05) is 0 Å². The Morgan fingerprint density at radius 3 is 2.82 bits per heavy atom. The van der Waals surface area contributed by atoms with E-state index in [0.717, 1.165) is 24.0 Å². The highest BCUT2D eigenvalue weighted by Gasteiger charge is 2.10. The van der Waals surface area contributed by atoms with Crippen LogP contribution in [0.3, 0.4) is 0 Å². The van der Waals surface area contributed by atoms with Crippen LogP contribution in [0, 0.1) is 0 Å². The third-order valence-corrected chi connectivity index (χ3v) is 2.71. The molecule has 0 bridgehead atoms. The molecule has 0 fully saturated rings. The smallest absolute Gasteiger partial charge is 0.255 e. The quantitative estimate of drug-likeness (QED) is 0.703. The molecule has 0 saturated heterocycles. The largest absolute Gasteiger partial charge is 0.507 e. The van der Waals surface area contributed by atoms with Crippen molar-refractivity contribution in [1.29, 1.82) is 0 Å². The molecule has 1 aromatic rings. The molecule has 3 N–H and O–H groups in total. The van der Waals surface area contributed by atoms with Crippen LogP contribution in [-0.2, 0) is 0 Å². The number of rotatable bonds is 6. The molecule has 0 heterocycles. The molecule has 0 unspecified atom stereocenters. The van der Waals surface area contributed by atoms with Crippen molar-refractivity contribution in [2.75, 3.05) is 19.6 Å². The van der Waals surface area contributed by atoms with Gasteiger partial charge >= 0.3 is 0 Å². The molecule has 0 spiro atoms. The Hall–Kier alpha value is -1.07. The fourth-order valence-corrected chi connectivity index (χ4v) is 1.71. The van der Waals surface area contributed by atoms with Crippen molar-refractivity contribution in [1.82, 2.24) is 10.6 Å². The van der Waals surface area contributed by atoms with Crippen LogP contribution in [-0.4, -0.2) is 30.6 Å². The Labute approximate surface area is 110 Å². The highest BCUT2D eigenvalue weighted by atomic mass is 79.9. The zero-order chi connectivity index (χ0) is 12.7. The lowest BCUT2D eigenvalue weighted by atomic mass is 10.2. The number of hydrogen-bond acceptors (Lipinski definition) is 3. The van der Waals surface area contributed by atoms with Gasteiger partial charge in [0.25, 0.3) is 5.91 Å². The van der Waals surface area contributed by atoms with E-state index in [0.29, 0.717) is 6.54 Å². The summed E-state index contributed by atoms with van der Waals surface area (Å²) in [5, 5.41) is 15.5. The van der Waals surface area contributed by atoms with E-state index in [1.165, 1.54) is 6.07 Å². The molecule has 1 aromatic carbocycles. The zero-order valence-corrected chi connectivity index (χ0v) is 11.4. The number of halogens is 1. The van der Waals surface area contributed by atoms with E-state index in [2.05, 4.69) is 33.5 Å². The molecule has 0 aliphatic carbocycles. The van der Waals surface area contributed by atoms with Crippen LogP contribution >= 0.6 is 15.9 Å². The third-order valence-electron chi connectivity index (χ3n) is 2.22. The van der Waals surface area contributed by atoms with Crippen molar-refractivity contribution in [2.24, 2.45) is 0 Å². The summed E-state index contributed by atoms with van der Waals surface area (Å²) in [6, 6.07) is 4.79. The first-order valence-corrected chi connectivity index (χ1v) is 6.42. The molecule has 17 heavy (non-hydrogen) atoms. The number of phenolic OH excluding ortho intramolecular Hbond substituents is 1. The van der Waals surface area contributed by atoms with Gasteiger partial charge in [0.1, 0.15) is 5.75 Å². The predicted molar refractivity (Wildman–Crippen MR) is 71.3 cm³/mol. The second kappa shape index (κ2) is 7.29. The van der Waals surface area contributed by atoms with E-state index in [1.54, 1.807) is 12.1 Å². The Morgan fingerprint density at radius 2 is 2.12 bits per heavy atom. The third kappa shape index (κ3) is 4.75. The van der Waals surface area contributed by atoms with Gasteiger partial charge in [-0.25, -0.2) is 0 Å². The van der Waals surface area contributed by atoms with Gasteiger partial charge in [-0.1, -0.05) is 22.9 Å². The van der Waals surface area contributed by atoms with Crippen molar-refractivity contribution in [3.63, 3.8) is 0 Å². The molecule has 4 nitrogen and oxygen atoms in total. The maximum Gasteiger partial charge on any atom is 0.255 e. The summed E-state index contributed by atoms with van der Waals surface area (Å²) in [6.45, 7) is 4.31. The summed E-state index contributed by atoms with van der Waals surface area (Å²) >= 11 is 3.26. The van der Waals surface area contributed by atoms with Crippen LogP contribution in [0.2, 0.25) is 0 Å². The summed E-state index contributed by atoms with van der Waals surface area (Å²) in [4.78, 5) is 11.7. The van der Waals surface area contributed by atoms with Crippen LogP contribution in [0.4, 0.5) is 0 Å². The zero-order valence-electron chi connectivity index (χ0n) is 9.79. The summed E-state index contributed by atoms with van der Waals surface area (Å²) in [5.41, 5.74) is 0.287. The lowest BCUT2D eigenvalue weighted by Gasteiger charge is -2.07. The Kier molecular flexibility index (Phi) is 6.00. The van der Waals surface area contributed by atoms with Gasteiger partial charge in [-0.3, -0.25) is 4.79 Å². The van der Waals surface area contributed by atoms with Gasteiger partial charge in [0.15, 0.2) is 0 Å². The molecule has 5 heteroatoms. The average molecular weight is 301 g/mol. The maximum absolute atomic E-state index is 11.7. The first kappa shape index (κ1) is 14.0. The van der Waals surface area contributed by atoms with Crippen LogP contribution in [0.15, 0.2) is 22.7 Å². The molecule has 1 amide bonds. The van der Waals surface area contributed by atoms with Gasteiger partial charge in [-0.2, -0.15) is 0 Å². The monoisotopic (exact) mass is 300 g/mol. The van der Waals surface area contributed by atoms with Gasteiger partial charge in [0.05, 0.1) is 5.56 Å². The van der Waals surface area contributed by atoms with E-state index in [-0.39, 0.29) is 17.2 Å². The minimum absolute atomic E-state index is 0.00721. The molecule has 94 valence electrons. The van der Waals surface area contributed by atoms with Crippen LogP contribution in [0.1, 0.15) is 23.7 Å². The highest BCUT2D eigenvalue weighted by Crippen LogP contribution is 2.21. The summed E-state index contributed by atoms with van der Waals surface area (Å²) in [6.07, 6.45) is 1.07. The number of hydrogen-bond donors (Lipinski definition) is 3. The first-order chi connectivity index (χ1) is 8.15. The topological polar surface area (TPSA) is 61.4 Å². The van der Waals surface area contributed by atoms with Gasteiger partial charge < -0.3 is 15.7 Å². The summed E-state index contributed by atoms with van der Waals surface area (Å²) in [5.74, 6) is -0.269. The molecule has 1 rings (SSSR count). The van der Waals surface area contributed by atoms with Crippen molar-refractivity contribution in [3.05, 3.63) is 28.2 Å². The van der Waals surface area contributed by atoms with Crippen molar-refractivity contribution in [2.45, 2.75) is 13.3 Å². The minimum atomic E-state index is -0.262. The molecule has 0 atom stereocenters. The average Bonchev–Trinajstić information content (AvgIpc) is 2.32. The van der Waals surface area contributed by atoms with Gasteiger partial charge in [0, 0.05) is 17.6 Å². The van der Waals surface area contributed by atoms with E-state index < -0.39 is 0 Å². The fourth-order valence-electron chi connectivity index (χ4n) is 1.35. The lowest BCUT2D eigenvalue weighted by Crippen LogP contribution is -2.32. The van der Waals surface area contributed by atoms with Crippen molar-refractivity contribution in [3.8, 4) is 5.75 Å². The number of benzene rings is 1. The van der Waals surface area contributed by atoms with Crippen LogP contribution in [0.5, 0.6) is 5.75 Å². The molecular formula is C12H17BrN2O2. The van der Waals surface area contributed by atoms with E-state index in [9.17, 15) is 9.90 Å². The van der Waals surface area contributed by atoms with E-state index in [4.69, 9.17) is 0 Å². The second-order valence-electron chi connectivity index (χ2n) is 3.67. The molecule has 0 radical (unpaired) electrons. The maximum atomic E-state index is 11.7. The van der Waals surface area contributed by atoms with Gasteiger partial charge in [-0.05, 0) is 31.2 Å². The summed E-state index contributed by atoms with van der Waals surface area (Å²) < 4.78 is 0.768. The lowest BCUT2D eigenvalue weighted by molar-refractivity contribution is 0.0951. The predicted octanol–water partition coefficient (Wildman–Crippen LogP) is 1.88. The standard InChI is InChI=1S/C12H17BrN2O2/c1-2-5-14-6-7-15-12(17)10-8-9(13)3-4-11(10)16/h3-4,8,14,16H,2,5-7H2,1H3,(H,15,17). The summed E-state index contributed by atoms with van der Waals surface area (Å²) in [7, 11) is 0. The van der Waals surface area contributed by atoms with Crippen molar-refractivity contribution < 1.29 is 9.90 Å². The number of carbonyl (C=O) groups is 1. The number of carbonyl (C=O) groups excluding carboxylic acids is 1. The molecule has 0 aliphatic heterocycles. The number of phenols is 1. The molecule has 0 aliphatic rings. The van der Waals surface area contributed by atoms with Gasteiger partial charge in [0.2, 0.25) is 0 Å². The minimum Gasteiger partial charge on any atom is -0.507 e. The molecular weight excluding hydrogens is 284 g/mol. The molecule has 0 saturated carbocycles. The molecule has 0 aromatic heterocycles. The van der Waals surface area contributed by atoms with Crippen molar-refractivity contribution >= 4 is 21.8 Å². The second-order valence-corrected chi connectivity index (χ2v) is 4.58. The number of aromatic hydroxyl groups is 1. The van der Waals surface area contributed by atoms with E-state index >= 15 is 0 Å². The van der Waals surface area contributed by atoms with Gasteiger partial charge in [-0.15, -0.1) is 0 Å². The normalized spacial score (nSPS) is 10.2. The SMILES string of the molecule is CCCNCCNC(=O)c1cc(Br)ccc1O. The highest BCUT2D eigenvalue weighted by molar-refractivity contribution is 9.10. The van der Waals surface area contributed by atoms with Crippen LogP contribution in [0.25, 0.3) is 0 Å². The Bertz CT molecular complexity index is 383.